The van der Waals surface area contributed by atoms with E-state index in [9.17, 15) is 0 Å². The third-order valence-electron chi connectivity index (χ3n) is 9.81. The van der Waals surface area contributed by atoms with Crippen LogP contribution in [-0.2, 0) is 13.1 Å². The highest BCUT2D eigenvalue weighted by Crippen LogP contribution is 2.24. The highest BCUT2D eigenvalue weighted by atomic mass is 16.5. The van der Waals surface area contributed by atoms with E-state index in [1.807, 2.05) is 72.8 Å². The molecule has 6 heteroatoms. The monoisotopic (exact) mass is 707 g/mol. The predicted molar refractivity (Wildman–Crippen MR) is 213 cm³/mol. The lowest BCUT2D eigenvalue weighted by atomic mass is 10.0. The van der Waals surface area contributed by atoms with Gasteiger partial charge < -0.3 is 9.47 Å². The standard InChI is InChI=1S/C47H55N4O2/c48-37-40-15-19-42(20-16-40)44-23-27-46(28-24-44)52-35-13-9-5-1-3-7-11-31-50-33-34-51(39-50)32-12-8-4-2-6-10-14-36-53-47-29-25-45(26-30-47)43-21-17-41(38-49)18-22-43/h15-30,33-34,39H,1-14,31-32,35-36H2/q+1. The van der Waals surface area contributed by atoms with Gasteiger partial charge in [-0.15, -0.1) is 0 Å². The second kappa shape index (κ2) is 22.6. The van der Waals surface area contributed by atoms with Crippen LogP contribution in [0.5, 0.6) is 11.5 Å². The molecule has 274 valence electrons. The van der Waals surface area contributed by atoms with Crippen LogP contribution >= 0.6 is 0 Å². The summed E-state index contributed by atoms with van der Waals surface area (Å²) >= 11 is 0. The Kier molecular flexibility index (Phi) is 16.6. The van der Waals surface area contributed by atoms with Gasteiger partial charge in [-0.2, -0.15) is 10.5 Å². The molecule has 0 unspecified atom stereocenters. The number of rotatable bonds is 24. The minimum Gasteiger partial charge on any atom is -0.494 e. The van der Waals surface area contributed by atoms with E-state index in [4.69, 9.17) is 20.0 Å². The Morgan fingerprint density at radius 3 is 1.26 bits per heavy atom. The number of nitrogens with zero attached hydrogens (tertiary/aromatic N) is 4. The highest BCUT2D eigenvalue weighted by molar-refractivity contribution is 5.65. The van der Waals surface area contributed by atoms with E-state index in [1.165, 1.54) is 77.0 Å². The van der Waals surface area contributed by atoms with Crippen molar-refractivity contribution in [3.05, 3.63) is 127 Å². The van der Waals surface area contributed by atoms with Crippen LogP contribution < -0.4 is 14.0 Å². The maximum absolute atomic E-state index is 8.98. The van der Waals surface area contributed by atoms with Crippen molar-refractivity contribution >= 4 is 0 Å². The van der Waals surface area contributed by atoms with Crippen molar-refractivity contribution < 1.29 is 14.0 Å². The molecule has 5 aromatic rings. The van der Waals surface area contributed by atoms with Gasteiger partial charge in [0, 0.05) is 0 Å². The zero-order valence-electron chi connectivity index (χ0n) is 31.3. The number of hydrogen-bond acceptors (Lipinski definition) is 4. The minimum absolute atomic E-state index is 0.681. The highest BCUT2D eigenvalue weighted by Gasteiger charge is 2.05. The zero-order valence-corrected chi connectivity index (χ0v) is 31.3. The molecule has 0 bridgehead atoms. The van der Waals surface area contributed by atoms with Crippen molar-refractivity contribution in [1.29, 1.82) is 10.5 Å². The first kappa shape index (κ1) is 38.9. The molecule has 0 N–H and O–H groups in total. The fourth-order valence-electron chi connectivity index (χ4n) is 6.61. The third kappa shape index (κ3) is 14.0. The van der Waals surface area contributed by atoms with Gasteiger partial charge in [-0.3, -0.25) is 0 Å². The first-order valence-corrected chi connectivity index (χ1v) is 19.7. The molecule has 4 aromatic carbocycles. The number of nitriles is 2. The minimum atomic E-state index is 0.681. The molecule has 0 saturated carbocycles. The average molecular weight is 708 g/mol. The number of aromatic nitrogens is 2. The molecule has 1 heterocycles. The van der Waals surface area contributed by atoms with Crippen LogP contribution in [0.4, 0.5) is 0 Å². The van der Waals surface area contributed by atoms with Crippen LogP contribution in [0.25, 0.3) is 22.3 Å². The summed E-state index contributed by atoms with van der Waals surface area (Å²) < 4.78 is 16.6. The quantitative estimate of drug-likeness (QED) is 0.0472. The van der Waals surface area contributed by atoms with Gasteiger partial charge in [0.25, 0.3) is 0 Å². The summed E-state index contributed by atoms with van der Waals surface area (Å²) in [6, 6.07) is 36.1. The molecule has 1 aromatic heterocycles. The fourth-order valence-corrected chi connectivity index (χ4v) is 6.61. The lowest BCUT2D eigenvalue weighted by Crippen LogP contribution is -2.30. The van der Waals surface area contributed by atoms with Crippen LogP contribution in [0.2, 0.25) is 0 Å². The molecule has 6 nitrogen and oxygen atoms in total. The smallest absolute Gasteiger partial charge is 0.243 e. The number of benzene rings is 4. The molecule has 53 heavy (non-hydrogen) atoms. The van der Waals surface area contributed by atoms with E-state index in [-0.39, 0.29) is 0 Å². The van der Waals surface area contributed by atoms with Gasteiger partial charge in [-0.25, -0.2) is 9.13 Å². The molecule has 0 amide bonds. The molecular formula is C47H55N4O2+. The van der Waals surface area contributed by atoms with Gasteiger partial charge >= 0.3 is 0 Å². The number of unbranched alkanes of at least 4 members (excludes halogenated alkanes) is 12. The number of hydrogen-bond donors (Lipinski definition) is 0. The summed E-state index contributed by atoms with van der Waals surface area (Å²) in [5, 5.41) is 18.0. The molecule has 0 radical (unpaired) electrons. The third-order valence-corrected chi connectivity index (χ3v) is 9.81. The second-order valence-electron chi connectivity index (χ2n) is 14.0. The second-order valence-corrected chi connectivity index (χ2v) is 14.0. The van der Waals surface area contributed by atoms with Crippen LogP contribution in [0.15, 0.2) is 116 Å². The number of ether oxygens (including phenoxy) is 2. The van der Waals surface area contributed by atoms with Crippen LogP contribution in [0.1, 0.15) is 101 Å². The zero-order chi connectivity index (χ0) is 36.8. The largest absolute Gasteiger partial charge is 0.494 e. The van der Waals surface area contributed by atoms with Crippen molar-refractivity contribution in [3.63, 3.8) is 0 Å². The van der Waals surface area contributed by atoms with Crippen molar-refractivity contribution in [3.8, 4) is 45.9 Å². The summed E-state index contributed by atoms with van der Waals surface area (Å²) in [6.45, 7) is 3.75. The SMILES string of the molecule is N#Cc1ccc(-c2ccc(OCCCCCCCCCn3cc[n+](CCCCCCCCCOc4ccc(-c5ccc(C#N)cc5)cc4)c3)cc2)cc1. The van der Waals surface area contributed by atoms with Crippen LogP contribution in [0, 0.1) is 22.7 Å². The average Bonchev–Trinajstić information content (AvgIpc) is 3.67. The van der Waals surface area contributed by atoms with Crippen molar-refractivity contribution in [2.75, 3.05) is 13.2 Å². The van der Waals surface area contributed by atoms with Crippen LogP contribution in [-0.4, -0.2) is 17.8 Å². The van der Waals surface area contributed by atoms with Gasteiger partial charge in [0.2, 0.25) is 6.33 Å². The predicted octanol–water partition coefficient (Wildman–Crippen LogP) is 11.5. The number of imidazole rings is 1. The van der Waals surface area contributed by atoms with E-state index >= 15 is 0 Å². The lowest BCUT2D eigenvalue weighted by molar-refractivity contribution is -0.696. The summed E-state index contributed by atoms with van der Waals surface area (Å²) in [5.41, 5.74) is 5.84. The van der Waals surface area contributed by atoms with Crippen molar-refractivity contribution in [1.82, 2.24) is 4.57 Å². The van der Waals surface area contributed by atoms with Crippen molar-refractivity contribution in [2.45, 2.75) is 103 Å². The Bertz CT molecular complexity index is 1690. The summed E-state index contributed by atoms with van der Waals surface area (Å²) in [7, 11) is 0. The Morgan fingerprint density at radius 1 is 0.453 bits per heavy atom. The van der Waals surface area contributed by atoms with Gasteiger partial charge in [0.05, 0.1) is 49.6 Å². The number of aryl methyl sites for hydroxylation is 2. The summed E-state index contributed by atoms with van der Waals surface area (Å²) in [6.07, 6.45) is 24.2. The van der Waals surface area contributed by atoms with Crippen LogP contribution in [0.3, 0.4) is 0 Å². The van der Waals surface area contributed by atoms with E-state index in [1.54, 1.807) is 0 Å². The normalized spacial score (nSPS) is 10.8. The molecular weight excluding hydrogens is 653 g/mol. The van der Waals surface area contributed by atoms with Crippen molar-refractivity contribution in [2.24, 2.45) is 0 Å². The van der Waals surface area contributed by atoms with E-state index in [2.05, 4.69) is 64.3 Å². The first-order chi connectivity index (χ1) is 26.2. The van der Waals surface area contributed by atoms with Gasteiger partial charge in [0.1, 0.15) is 23.9 Å². The summed E-state index contributed by atoms with van der Waals surface area (Å²) in [4.78, 5) is 0. The molecule has 0 saturated heterocycles. The molecule has 0 aliphatic carbocycles. The molecule has 0 aliphatic rings. The molecule has 0 aliphatic heterocycles. The molecule has 0 fully saturated rings. The molecule has 5 rings (SSSR count). The Morgan fingerprint density at radius 2 is 0.830 bits per heavy atom. The topological polar surface area (TPSA) is 74.8 Å². The van der Waals surface area contributed by atoms with E-state index < -0.39 is 0 Å². The van der Waals surface area contributed by atoms with Gasteiger partial charge in [-0.05, 0) is 109 Å². The first-order valence-electron chi connectivity index (χ1n) is 19.7. The molecule has 0 spiro atoms. The fraction of sp³-hybridized carbons (Fsp3) is 0.383. The Hall–Kier alpha value is -5.33. The molecule has 0 atom stereocenters. The maximum atomic E-state index is 8.98. The van der Waals surface area contributed by atoms with Gasteiger partial charge in [-0.1, -0.05) is 99.9 Å². The Labute approximate surface area is 317 Å². The Balaban J connectivity index is 0.792. The van der Waals surface area contributed by atoms with E-state index in [0.717, 1.165) is 72.9 Å². The lowest BCUT2D eigenvalue weighted by Gasteiger charge is -2.08. The van der Waals surface area contributed by atoms with Gasteiger partial charge in [0.15, 0.2) is 0 Å². The maximum Gasteiger partial charge on any atom is 0.243 e. The summed E-state index contributed by atoms with van der Waals surface area (Å²) in [5.74, 6) is 1.83. The van der Waals surface area contributed by atoms with E-state index in [0.29, 0.717) is 11.1 Å².